The van der Waals surface area contributed by atoms with E-state index in [0.717, 1.165) is 17.7 Å². The van der Waals surface area contributed by atoms with Crippen LogP contribution in [0.25, 0.3) is 0 Å². The van der Waals surface area contributed by atoms with Crippen LogP contribution in [0.5, 0.6) is 0 Å². The molecule has 0 aliphatic rings. The maximum absolute atomic E-state index is 13.1. The predicted molar refractivity (Wildman–Crippen MR) is 84.8 cm³/mol. The zero-order valence-electron chi connectivity index (χ0n) is 14.1. The van der Waals surface area contributed by atoms with Crippen molar-refractivity contribution in [3.63, 3.8) is 0 Å². The molecular weight excluding hydrogens is 334 g/mol. The SMILES string of the molecule is Cc1noc(C)c1CCC(=O)O[C@@H](C)C(=O)Nc1ccc(F)c(F)c1. The topological polar surface area (TPSA) is 81.4 Å². The summed E-state index contributed by atoms with van der Waals surface area (Å²) in [5.41, 5.74) is 1.60. The molecule has 134 valence electrons. The van der Waals surface area contributed by atoms with E-state index >= 15 is 0 Å². The van der Waals surface area contributed by atoms with E-state index in [2.05, 4.69) is 10.5 Å². The second-order valence-electron chi connectivity index (χ2n) is 5.55. The lowest BCUT2D eigenvalue weighted by Gasteiger charge is -2.13. The molecule has 1 aromatic carbocycles. The van der Waals surface area contributed by atoms with Gasteiger partial charge in [-0.05, 0) is 39.3 Å². The third kappa shape index (κ3) is 4.85. The number of amides is 1. The summed E-state index contributed by atoms with van der Waals surface area (Å²) >= 11 is 0. The molecule has 0 saturated heterocycles. The summed E-state index contributed by atoms with van der Waals surface area (Å²) in [7, 11) is 0. The number of hydrogen-bond donors (Lipinski definition) is 1. The van der Waals surface area contributed by atoms with Crippen molar-refractivity contribution in [1.29, 1.82) is 0 Å². The lowest BCUT2D eigenvalue weighted by Crippen LogP contribution is -2.30. The Balaban J connectivity index is 1.85. The van der Waals surface area contributed by atoms with Crippen LogP contribution in [-0.4, -0.2) is 23.1 Å². The largest absolute Gasteiger partial charge is 0.453 e. The van der Waals surface area contributed by atoms with Gasteiger partial charge < -0.3 is 14.6 Å². The summed E-state index contributed by atoms with van der Waals surface area (Å²) in [5, 5.41) is 6.15. The van der Waals surface area contributed by atoms with Crippen molar-refractivity contribution in [1.82, 2.24) is 5.16 Å². The van der Waals surface area contributed by atoms with Crippen molar-refractivity contribution in [3.8, 4) is 0 Å². The number of nitrogens with zero attached hydrogens (tertiary/aromatic N) is 1. The minimum atomic E-state index is -1.08. The summed E-state index contributed by atoms with van der Waals surface area (Å²) in [6.45, 7) is 4.91. The highest BCUT2D eigenvalue weighted by Crippen LogP contribution is 2.16. The van der Waals surface area contributed by atoms with Gasteiger partial charge in [0, 0.05) is 23.7 Å². The number of ether oxygens (including phenoxy) is 1. The van der Waals surface area contributed by atoms with Crippen LogP contribution in [0.2, 0.25) is 0 Å². The second kappa shape index (κ2) is 7.87. The van der Waals surface area contributed by atoms with E-state index in [1.807, 2.05) is 0 Å². The van der Waals surface area contributed by atoms with Gasteiger partial charge in [-0.25, -0.2) is 8.78 Å². The Bertz CT molecular complexity index is 769. The minimum Gasteiger partial charge on any atom is -0.453 e. The number of carbonyl (C=O) groups excluding carboxylic acids is 2. The van der Waals surface area contributed by atoms with Crippen LogP contribution >= 0.6 is 0 Å². The molecule has 8 heteroatoms. The van der Waals surface area contributed by atoms with Crippen LogP contribution in [0.15, 0.2) is 22.7 Å². The normalized spacial score (nSPS) is 11.9. The van der Waals surface area contributed by atoms with Gasteiger partial charge in [0.1, 0.15) is 5.76 Å². The summed E-state index contributed by atoms with van der Waals surface area (Å²) in [6, 6.07) is 2.95. The number of hydrogen-bond acceptors (Lipinski definition) is 5. The molecule has 0 aliphatic carbocycles. The molecule has 1 amide bonds. The fraction of sp³-hybridized carbons (Fsp3) is 0.353. The van der Waals surface area contributed by atoms with Crippen molar-refractivity contribution in [2.75, 3.05) is 5.32 Å². The Morgan fingerprint density at radius 3 is 2.60 bits per heavy atom. The fourth-order valence-corrected chi connectivity index (χ4v) is 2.21. The highest BCUT2D eigenvalue weighted by molar-refractivity contribution is 5.95. The van der Waals surface area contributed by atoms with E-state index in [9.17, 15) is 18.4 Å². The van der Waals surface area contributed by atoms with Gasteiger partial charge >= 0.3 is 5.97 Å². The molecule has 0 unspecified atom stereocenters. The molecule has 0 aliphatic heterocycles. The Labute approximate surface area is 143 Å². The van der Waals surface area contributed by atoms with Crippen LogP contribution < -0.4 is 5.32 Å². The average Bonchev–Trinajstić information content (AvgIpc) is 2.87. The molecule has 2 aromatic rings. The quantitative estimate of drug-likeness (QED) is 0.808. The van der Waals surface area contributed by atoms with Gasteiger partial charge in [-0.2, -0.15) is 0 Å². The van der Waals surface area contributed by atoms with Gasteiger partial charge in [-0.1, -0.05) is 5.16 Å². The third-order valence-corrected chi connectivity index (χ3v) is 3.62. The number of halogens is 2. The first-order valence-electron chi connectivity index (χ1n) is 7.65. The fourth-order valence-electron chi connectivity index (χ4n) is 2.21. The standard InChI is InChI=1S/C17H18F2N2O4/c1-9-13(10(2)25-21-9)5-7-16(22)24-11(3)17(23)20-12-4-6-14(18)15(19)8-12/h4,6,8,11H,5,7H2,1-3H3,(H,20,23)/t11-/m0/s1. The van der Waals surface area contributed by atoms with Crippen molar-refractivity contribution in [3.05, 3.63) is 46.9 Å². The van der Waals surface area contributed by atoms with Gasteiger partial charge in [-0.3, -0.25) is 9.59 Å². The van der Waals surface area contributed by atoms with Crippen molar-refractivity contribution < 1.29 is 27.6 Å². The van der Waals surface area contributed by atoms with Gasteiger partial charge in [-0.15, -0.1) is 0 Å². The van der Waals surface area contributed by atoms with Crippen LogP contribution in [0.1, 0.15) is 30.4 Å². The average molecular weight is 352 g/mol. The first-order valence-corrected chi connectivity index (χ1v) is 7.65. The Morgan fingerprint density at radius 2 is 2.00 bits per heavy atom. The summed E-state index contributed by atoms with van der Waals surface area (Å²) in [5.74, 6) is -2.67. The lowest BCUT2D eigenvalue weighted by molar-refractivity contribution is -0.153. The smallest absolute Gasteiger partial charge is 0.306 e. The molecule has 0 fully saturated rings. The Kier molecular flexibility index (Phi) is 5.84. The number of aromatic nitrogens is 1. The molecular formula is C17H18F2N2O4. The number of aryl methyl sites for hydroxylation is 2. The second-order valence-corrected chi connectivity index (χ2v) is 5.55. The van der Waals surface area contributed by atoms with Crippen LogP contribution in [0.3, 0.4) is 0 Å². The highest BCUT2D eigenvalue weighted by atomic mass is 19.2. The summed E-state index contributed by atoms with van der Waals surface area (Å²) < 4.78 is 36.0. The van der Waals surface area contributed by atoms with E-state index in [4.69, 9.17) is 9.26 Å². The third-order valence-electron chi connectivity index (χ3n) is 3.62. The molecule has 2 rings (SSSR count). The predicted octanol–water partition coefficient (Wildman–Crippen LogP) is 3.07. The maximum atomic E-state index is 13.1. The molecule has 1 N–H and O–H groups in total. The first-order chi connectivity index (χ1) is 11.8. The summed E-state index contributed by atoms with van der Waals surface area (Å²) in [6.07, 6.45) is -0.631. The van der Waals surface area contributed by atoms with E-state index in [1.165, 1.54) is 13.0 Å². The molecule has 1 heterocycles. The highest BCUT2D eigenvalue weighted by Gasteiger charge is 2.19. The number of nitrogens with one attached hydrogen (secondary N) is 1. The zero-order valence-corrected chi connectivity index (χ0v) is 14.1. The van der Waals surface area contributed by atoms with Gasteiger partial charge in [0.05, 0.1) is 5.69 Å². The van der Waals surface area contributed by atoms with Gasteiger partial charge in [0.15, 0.2) is 17.7 Å². The maximum Gasteiger partial charge on any atom is 0.306 e. The molecule has 1 atom stereocenters. The molecule has 25 heavy (non-hydrogen) atoms. The molecule has 0 saturated carbocycles. The van der Waals surface area contributed by atoms with E-state index in [-0.39, 0.29) is 12.1 Å². The molecule has 0 spiro atoms. The molecule has 0 bridgehead atoms. The van der Waals surface area contributed by atoms with Crippen molar-refractivity contribution >= 4 is 17.6 Å². The monoisotopic (exact) mass is 352 g/mol. The summed E-state index contributed by atoms with van der Waals surface area (Å²) in [4.78, 5) is 23.8. The van der Waals surface area contributed by atoms with Crippen molar-refractivity contribution in [2.45, 2.75) is 39.7 Å². The minimum absolute atomic E-state index is 0.0612. The first kappa shape index (κ1) is 18.6. The number of carbonyl (C=O) groups is 2. The number of rotatable bonds is 6. The van der Waals surface area contributed by atoms with Crippen molar-refractivity contribution in [2.24, 2.45) is 0 Å². The van der Waals surface area contributed by atoms with Crippen LogP contribution in [0.4, 0.5) is 14.5 Å². The number of benzene rings is 1. The zero-order chi connectivity index (χ0) is 18.6. The van der Waals surface area contributed by atoms with Crippen LogP contribution in [0, 0.1) is 25.5 Å². The van der Waals surface area contributed by atoms with Crippen LogP contribution in [-0.2, 0) is 20.7 Å². The molecule has 6 nitrogen and oxygen atoms in total. The van der Waals surface area contributed by atoms with Gasteiger partial charge in [0.25, 0.3) is 5.91 Å². The molecule has 1 aromatic heterocycles. The molecule has 0 radical (unpaired) electrons. The van der Waals surface area contributed by atoms with Gasteiger partial charge in [0.2, 0.25) is 0 Å². The van der Waals surface area contributed by atoms with E-state index in [1.54, 1.807) is 13.8 Å². The van der Waals surface area contributed by atoms with E-state index in [0.29, 0.717) is 17.9 Å². The Hall–Kier alpha value is -2.77. The lowest BCUT2D eigenvalue weighted by atomic mass is 10.1. The number of anilines is 1. The van der Waals surface area contributed by atoms with E-state index < -0.39 is 29.6 Å². The number of esters is 1. The Morgan fingerprint density at radius 1 is 1.28 bits per heavy atom.